The number of anilines is 2. The molecule has 5 rings (SSSR count). The summed E-state index contributed by atoms with van der Waals surface area (Å²) in [4.78, 5) is 33.7. The third-order valence-electron chi connectivity index (χ3n) is 8.67. The molecule has 2 aliphatic heterocycles. The standard InChI is InChI=1S/C32H39F2N5O3/c1-32(2,3)39-19-25(24-9-8-23(33)17-27(24)34)26(20-39)30(42)36-31-35-12-15-38(31)18-22-6-4-5-7-28(22)37-13-10-21(11-14-37)16-29(40)41/h4-9,12,15,17,21,25-26H,10-11,13-14,16,18-20H2,1-3H3,(H,40,41)(H,35,36,42)/t25-,26+/m0/s1. The number of nitrogens with one attached hydrogen (secondary N) is 1. The van der Waals surface area contributed by atoms with Crippen molar-refractivity contribution < 1.29 is 23.5 Å². The van der Waals surface area contributed by atoms with Crippen LogP contribution >= 0.6 is 0 Å². The van der Waals surface area contributed by atoms with Crippen molar-refractivity contribution in [2.75, 3.05) is 36.4 Å². The number of amides is 1. The van der Waals surface area contributed by atoms with Gasteiger partial charge in [-0.15, -0.1) is 0 Å². The molecule has 2 atom stereocenters. The molecule has 2 aromatic carbocycles. The van der Waals surface area contributed by atoms with Gasteiger partial charge < -0.3 is 14.6 Å². The molecule has 1 aromatic heterocycles. The Morgan fingerprint density at radius 2 is 1.81 bits per heavy atom. The van der Waals surface area contributed by atoms with Gasteiger partial charge in [0.25, 0.3) is 0 Å². The first-order valence-corrected chi connectivity index (χ1v) is 14.6. The molecule has 2 N–H and O–H groups in total. The minimum atomic E-state index is -0.749. The second-order valence-electron chi connectivity index (χ2n) is 12.5. The van der Waals surface area contributed by atoms with Crippen LogP contribution in [0.3, 0.4) is 0 Å². The van der Waals surface area contributed by atoms with Crippen LogP contribution in [0.4, 0.5) is 20.4 Å². The number of hydrogen-bond acceptors (Lipinski definition) is 5. The highest BCUT2D eigenvalue weighted by atomic mass is 19.1. The van der Waals surface area contributed by atoms with E-state index >= 15 is 0 Å². The molecule has 3 aromatic rings. The molecule has 2 aliphatic rings. The van der Waals surface area contributed by atoms with Gasteiger partial charge in [-0.3, -0.25) is 19.8 Å². The van der Waals surface area contributed by atoms with Crippen molar-refractivity contribution >= 4 is 23.5 Å². The summed E-state index contributed by atoms with van der Waals surface area (Å²) in [6.07, 6.45) is 5.32. The number of para-hydroxylation sites is 1. The first kappa shape index (κ1) is 29.7. The van der Waals surface area contributed by atoms with Gasteiger partial charge in [-0.05, 0) is 62.8 Å². The summed E-state index contributed by atoms with van der Waals surface area (Å²) >= 11 is 0. The summed E-state index contributed by atoms with van der Waals surface area (Å²) in [6, 6.07) is 11.7. The van der Waals surface area contributed by atoms with Crippen LogP contribution in [0.2, 0.25) is 0 Å². The lowest BCUT2D eigenvalue weighted by molar-refractivity contribution is -0.138. The lowest BCUT2D eigenvalue weighted by atomic mass is 9.88. The zero-order valence-corrected chi connectivity index (χ0v) is 24.4. The monoisotopic (exact) mass is 579 g/mol. The smallest absolute Gasteiger partial charge is 0.303 e. The molecule has 0 spiro atoms. The van der Waals surface area contributed by atoms with E-state index in [2.05, 4.69) is 53.0 Å². The van der Waals surface area contributed by atoms with Gasteiger partial charge in [0, 0.05) is 68.2 Å². The Morgan fingerprint density at radius 3 is 2.50 bits per heavy atom. The molecule has 224 valence electrons. The highest BCUT2D eigenvalue weighted by molar-refractivity contribution is 5.92. The summed E-state index contributed by atoms with van der Waals surface area (Å²) in [7, 11) is 0. The summed E-state index contributed by atoms with van der Waals surface area (Å²) < 4.78 is 30.4. The van der Waals surface area contributed by atoms with Crippen LogP contribution in [0, 0.1) is 23.5 Å². The molecular formula is C32H39F2N5O3. The molecule has 10 heteroatoms. The van der Waals surface area contributed by atoms with E-state index < -0.39 is 29.4 Å². The van der Waals surface area contributed by atoms with Crippen molar-refractivity contribution in [2.45, 2.75) is 58.0 Å². The van der Waals surface area contributed by atoms with Gasteiger partial charge >= 0.3 is 5.97 Å². The number of halogens is 2. The Balaban J connectivity index is 1.32. The number of aromatic nitrogens is 2. The first-order valence-electron chi connectivity index (χ1n) is 14.6. The average Bonchev–Trinajstić information content (AvgIpc) is 3.57. The fourth-order valence-electron chi connectivity index (χ4n) is 6.26. The number of benzene rings is 2. The van der Waals surface area contributed by atoms with Gasteiger partial charge in [-0.1, -0.05) is 24.3 Å². The lowest BCUT2D eigenvalue weighted by Crippen LogP contribution is -2.40. The highest BCUT2D eigenvalue weighted by Gasteiger charge is 2.43. The first-order chi connectivity index (χ1) is 20.0. The van der Waals surface area contributed by atoms with Crippen LogP contribution < -0.4 is 10.2 Å². The predicted molar refractivity (Wildman–Crippen MR) is 158 cm³/mol. The van der Waals surface area contributed by atoms with Gasteiger partial charge in [0.1, 0.15) is 11.6 Å². The number of aliphatic carboxylic acids is 1. The van der Waals surface area contributed by atoms with Crippen LogP contribution in [-0.4, -0.2) is 63.2 Å². The number of rotatable bonds is 8. The van der Waals surface area contributed by atoms with E-state index in [1.54, 1.807) is 6.20 Å². The molecule has 0 bridgehead atoms. The van der Waals surface area contributed by atoms with Crippen molar-refractivity contribution in [2.24, 2.45) is 11.8 Å². The lowest BCUT2D eigenvalue weighted by Gasteiger charge is -2.34. The van der Waals surface area contributed by atoms with Crippen molar-refractivity contribution in [1.82, 2.24) is 14.5 Å². The maximum Gasteiger partial charge on any atom is 0.303 e. The largest absolute Gasteiger partial charge is 0.481 e. The summed E-state index contributed by atoms with van der Waals surface area (Å²) in [5.41, 5.74) is 2.26. The molecule has 2 fully saturated rings. The number of nitrogens with zero attached hydrogens (tertiary/aromatic N) is 4. The average molecular weight is 580 g/mol. The van der Waals surface area contributed by atoms with Crippen molar-refractivity contribution in [3.05, 3.63) is 77.6 Å². The maximum atomic E-state index is 14.9. The van der Waals surface area contributed by atoms with Crippen LogP contribution in [-0.2, 0) is 16.1 Å². The number of carboxylic acid groups (broad SMARTS) is 1. The molecule has 42 heavy (non-hydrogen) atoms. The van der Waals surface area contributed by atoms with Gasteiger partial charge in [0.05, 0.1) is 12.5 Å². The van der Waals surface area contributed by atoms with Gasteiger partial charge in [0.15, 0.2) is 0 Å². The normalized spacial score (nSPS) is 20.2. The zero-order valence-electron chi connectivity index (χ0n) is 24.4. The molecule has 0 unspecified atom stereocenters. The number of carbonyl (C=O) groups excluding carboxylic acids is 1. The van der Waals surface area contributed by atoms with E-state index in [0.29, 0.717) is 31.1 Å². The third-order valence-corrected chi connectivity index (χ3v) is 8.67. The number of carbonyl (C=O) groups is 2. The quantitative estimate of drug-likeness (QED) is 0.374. The molecule has 0 radical (unpaired) electrons. The van der Waals surface area contributed by atoms with Gasteiger partial charge in [-0.2, -0.15) is 0 Å². The number of piperidine rings is 1. The number of carboxylic acids is 1. The van der Waals surface area contributed by atoms with Crippen molar-refractivity contribution in [1.29, 1.82) is 0 Å². The fourth-order valence-corrected chi connectivity index (χ4v) is 6.26. The molecular weight excluding hydrogens is 540 g/mol. The number of likely N-dealkylation sites (tertiary alicyclic amines) is 1. The molecule has 1 amide bonds. The van der Waals surface area contributed by atoms with Crippen molar-refractivity contribution in [3.63, 3.8) is 0 Å². The Bertz CT molecular complexity index is 1430. The van der Waals surface area contributed by atoms with Crippen LogP contribution in [0.15, 0.2) is 54.9 Å². The minimum absolute atomic E-state index is 0.193. The Kier molecular flexibility index (Phi) is 8.63. The summed E-state index contributed by atoms with van der Waals surface area (Å²) in [5, 5.41) is 12.2. The SMILES string of the molecule is CC(C)(C)N1C[C@@H](C(=O)Nc2nccn2Cc2ccccc2N2CCC(CC(=O)O)CC2)[C@H](c2ccc(F)cc2F)C1. The minimum Gasteiger partial charge on any atom is -0.481 e. The maximum absolute atomic E-state index is 14.9. The van der Waals surface area contributed by atoms with Crippen LogP contribution in [0.5, 0.6) is 0 Å². The molecule has 0 aliphatic carbocycles. The van der Waals surface area contributed by atoms with E-state index in [-0.39, 0.29) is 23.8 Å². The number of imidazole rings is 1. The van der Waals surface area contributed by atoms with E-state index in [4.69, 9.17) is 5.11 Å². The topological polar surface area (TPSA) is 90.7 Å². The number of hydrogen-bond donors (Lipinski definition) is 2. The molecule has 0 saturated carbocycles. The zero-order chi connectivity index (χ0) is 30.0. The van der Waals surface area contributed by atoms with E-state index in [1.807, 2.05) is 22.9 Å². The summed E-state index contributed by atoms with van der Waals surface area (Å²) in [6.45, 7) is 9.16. The van der Waals surface area contributed by atoms with Crippen LogP contribution in [0.25, 0.3) is 0 Å². The second kappa shape index (κ2) is 12.2. The second-order valence-corrected chi connectivity index (χ2v) is 12.5. The Morgan fingerprint density at radius 1 is 1.07 bits per heavy atom. The third kappa shape index (κ3) is 6.64. The van der Waals surface area contributed by atoms with Gasteiger partial charge in [-0.25, -0.2) is 13.8 Å². The van der Waals surface area contributed by atoms with Gasteiger partial charge in [0.2, 0.25) is 11.9 Å². The van der Waals surface area contributed by atoms with E-state index in [1.165, 1.54) is 12.1 Å². The van der Waals surface area contributed by atoms with E-state index in [9.17, 15) is 18.4 Å². The fraction of sp³-hybridized carbons (Fsp3) is 0.469. The molecule has 3 heterocycles. The molecule has 2 saturated heterocycles. The van der Waals surface area contributed by atoms with E-state index in [0.717, 1.165) is 43.2 Å². The summed E-state index contributed by atoms with van der Waals surface area (Å²) in [5.74, 6) is -2.67. The Labute approximate surface area is 245 Å². The van der Waals surface area contributed by atoms with Crippen LogP contribution in [0.1, 0.15) is 57.1 Å². The Hall–Kier alpha value is -3.79. The predicted octanol–water partition coefficient (Wildman–Crippen LogP) is 5.35. The molecule has 8 nitrogen and oxygen atoms in total. The van der Waals surface area contributed by atoms with Crippen molar-refractivity contribution in [3.8, 4) is 0 Å². The highest BCUT2D eigenvalue weighted by Crippen LogP contribution is 2.38.